The van der Waals surface area contributed by atoms with Gasteiger partial charge in [-0.05, 0) is 25.0 Å². The van der Waals surface area contributed by atoms with Gasteiger partial charge in [-0.15, -0.1) is 0 Å². The van der Waals surface area contributed by atoms with Crippen LogP contribution < -0.4 is 5.32 Å². The Hall–Kier alpha value is -2.73. The molecule has 6 nitrogen and oxygen atoms in total. The van der Waals surface area contributed by atoms with Crippen LogP contribution in [0.3, 0.4) is 0 Å². The molecule has 0 aliphatic carbocycles. The van der Waals surface area contributed by atoms with Crippen LogP contribution in [0.1, 0.15) is 30.6 Å². The van der Waals surface area contributed by atoms with Gasteiger partial charge in [-0.1, -0.05) is 30.3 Å². The summed E-state index contributed by atoms with van der Waals surface area (Å²) in [4.78, 5) is 21.5. The van der Waals surface area contributed by atoms with Crippen molar-refractivity contribution in [2.24, 2.45) is 0 Å². The summed E-state index contributed by atoms with van der Waals surface area (Å²) in [5, 5.41) is 12.0. The highest BCUT2D eigenvalue weighted by atomic mass is 16.4. The second-order valence-electron chi connectivity index (χ2n) is 6.21. The van der Waals surface area contributed by atoms with Crippen molar-refractivity contribution in [2.75, 3.05) is 18.4 Å². The van der Waals surface area contributed by atoms with Gasteiger partial charge in [-0.3, -0.25) is 9.88 Å². The zero-order valence-corrected chi connectivity index (χ0v) is 14.2. The van der Waals surface area contributed by atoms with Crippen LogP contribution in [0.2, 0.25) is 0 Å². The molecule has 1 aliphatic rings. The fraction of sp³-hybridized carbons (Fsp3) is 0.316. The third-order valence-corrected chi connectivity index (χ3v) is 4.47. The molecular weight excluding hydrogens is 316 g/mol. The molecule has 0 bridgehead atoms. The molecule has 1 aromatic carbocycles. The van der Waals surface area contributed by atoms with Crippen LogP contribution in [-0.4, -0.2) is 45.1 Å². The van der Waals surface area contributed by atoms with Crippen molar-refractivity contribution in [2.45, 2.75) is 25.4 Å². The molecule has 2 heterocycles. The molecule has 0 amide bonds. The Balaban J connectivity index is 1.55. The number of carboxylic acids is 1. The molecule has 1 fully saturated rings. The van der Waals surface area contributed by atoms with Crippen molar-refractivity contribution in [1.82, 2.24) is 14.9 Å². The van der Waals surface area contributed by atoms with E-state index in [2.05, 4.69) is 51.4 Å². The third-order valence-electron chi connectivity index (χ3n) is 4.47. The Morgan fingerprint density at radius 3 is 2.80 bits per heavy atom. The lowest BCUT2D eigenvalue weighted by Gasteiger charge is -2.24. The normalized spacial score (nSPS) is 19.2. The summed E-state index contributed by atoms with van der Waals surface area (Å²) in [6.07, 6.45) is 6.75. The molecule has 3 rings (SSSR count). The Kier molecular flexibility index (Phi) is 5.40. The second kappa shape index (κ2) is 7.90. The van der Waals surface area contributed by atoms with Crippen molar-refractivity contribution >= 4 is 17.9 Å². The molecule has 1 unspecified atom stereocenters. The summed E-state index contributed by atoms with van der Waals surface area (Å²) in [5.41, 5.74) is 1.86. The predicted octanol–water partition coefficient (Wildman–Crippen LogP) is 2.82. The first-order valence-corrected chi connectivity index (χ1v) is 8.40. The number of anilines is 1. The van der Waals surface area contributed by atoms with E-state index in [-0.39, 0.29) is 0 Å². The number of carbonyl (C=O) groups is 1. The van der Waals surface area contributed by atoms with E-state index < -0.39 is 5.97 Å². The number of benzene rings is 1. The van der Waals surface area contributed by atoms with Gasteiger partial charge in [0.1, 0.15) is 5.82 Å². The van der Waals surface area contributed by atoms with Crippen molar-refractivity contribution in [3.63, 3.8) is 0 Å². The number of aromatic nitrogens is 2. The molecule has 0 radical (unpaired) electrons. The van der Waals surface area contributed by atoms with E-state index in [1.165, 1.54) is 11.6 Å². The third kappa shape index (κ3) is 4.64. The first-order valence-electron chi connectivity index (χ1n) is 8.40. The van der Waals surface area contributed by atoms with Crippen LogP contribution in [0.25, 0.3) is 6.08 Å². The molecule has 1 saturated heterocycles. The smallest absolute Gasteiger partial charge is 0.328 e. The van der Waals surface area contributed by atoms with E-state index >= 15 is 0 Å². The number of aliphatic carboxylic acids is 1. The molecular formula is C19H22N4O2. The molecule has 2 N–H and O–H groups in total. The average molecular weight is 338 g/mol. The molecule has 2 aromatic rings. The number of nitrogens with one attached hydrogen (secondary N) is 1. The number of likely N-dealkylation sites (tertiary alicyclic amines) is 1. The highest BCUT2D eigenvalue weighted by molar-refractivity contribution is 5.84. The monoisotopic (exact) mass is 338 g/mol. The molecule has 6 heteroatoms. The van der Waals surface area contributed by atoms with Gasteiger partial charge in [0.25, 0.3) is 0 Å². The molecule has 25 heavy (non-hydrogen) atoms. The van der Waals surface area contributed by atoms with Gasteiger partial charge in [-0.2, -0.15) is 0 Å². The lowest BCUT2D eigenvalue weighted by molar-refractivity contribution is -0.131. The summed E-state index contributed by atoms with van der Waals surface area (Å²) in [6.45, 7) is 4.24. The summed E-state index contributed by atoms with van der Waals surface area (Å²) >= 11 is 0. The minimum Gasteiger partial charge on any atom is -0.478 e. The van der Waals surface area contributed by atoms with E-state index in [0.29, 0.717) is 23.6 Å². The van der Waals surface area contributed by atoms with E-state index in [1.54, 1.807) is 12.4 Å². The van der Waals surface area contributed by atoms with Crippen LogP contribution in [-0.2, 0) is 4.79 Å². The highest BCUT2D eigenvalue weighted by Gasteiger charge is 2.26. The van der Waals surface area contributed by atoms with Crippen molar-refractivity contribution in [1.29, 1.82) is 0 Å². The van der Waals surface area contributed by atoms with Crippen LogP contribution >= 0.6 is 0 Å². The van der Waals surface area contributed by atoms with Gasteiger partial charge >= 0.3 is 5.97 Å². The summed E-state index contributed by atoms with van der Waals surface area (Å²) in [5.74, 6) is -0.283. The quantitative estimate of drug-likeness (QED) is 0.789. The number of hydrogen-bond donors (Lipinski definition) is 2. The minimum absolute atomic E-state index is 0.334. The fourth-order valence-electron chi connectivity index (χ4n) is 3.06. The van der Waals surface area contributed by atoms with Crippen LogP contribution in [0, 0.1) is 0 Å². The minimum atomic E-state index is -0.998. The molecule has 0 spiro atoms. The number of carboxylic acid groups (broad SMARTS) is 1. The zero-order chi connectivity index (χ0) is 17.6. The SMILES string of the molecule is CC(c1ccccc1)N1CC[C@@H](Nc2cnc(C=CC(=O)O)cn2)C1. The average Bonchev–Trinajstić information content (AvgIpc) is 3.09. The topological polar surface area (TPSA) is 78.4 Å². The van der Waals surface area contributed by atoms with Gasteiger partial charge in [0.05, 0.1) is 18.1 Å². The summed E-state index contributed by atoms with van der Waals surface area (Å²) < 4.78 is 0. The van der Waals surface area contributed by atoms with E-state index in [9.17, 15) is 4.79 Å². The largest absolute Gasteiger partial charge is 0.478 e. The lowest BCUT2D eigenvalue weighted by atomic mass is 10.1. The number of rotatable bonds is 6. The molecule has 1 aliphatic heterocycles. The van der Waals surface area contributed by atoms with Gasteiger partial charge in [0, 0.05) is 31.2 Å². The summed E-state index contributed by atoms with van der Waals surface area (Å²) in [7, 11) is 0. The van der Waals surface area contributed by atoms with Crippen LogP contribution in [0.4, 0.5) is 5.82 Å². The van der Waals surface area contributed by atoms with Crippen molar-refractivity contribution in [3.05, 3.63) is 60.1 Å². The van der Waals surface area contributed by atoms with Crippen LogP contribution in [0.15, 0.2) is 48.8 Å². The van der Waals surface area contributed by atoms with Crippen molar-refractivity contribution in [3.8, 4) is 0 Å². The van der Waals surface area contributed by atoms with E-state index in [1.807, 2.05) is 6.07 Å². The zero-order valence-electron chi connectivity index (χ0n) is 14.2. The maximum Gasteiger partial charge on any atom is 0.328 e. The first-order chi connectivity index (χ1) is 12.1. The van der Waals surface area contributed by atoms with Gasteiger partial charge in [-0.25, -0.2) is 9.78 Å². The maximum absolute atomic E-state index is 10.5. The molecule has 0 saturated carbocycles. The molecule has 1 aromatic heterocycles. The standard InChI is InChI=1S/C19H22N4O2/c1-14(15-5-3-2-4-6-15)23-10-9-17(13-23)22-18-12-20-16(11-21-18)7-8-19(24)25/h2-8,11-12,14,17H,9-10,13H2,1H3,(H,21,22)(H,24,25)/t14?,17-/m1/s1. The lowest BCUT2D eigenvalue weighted by Crippen LogP contribution is -2.28. The summed E-state index contributed by atoms with van der Waals surface area (Å²) in [6, 6.07) is 11.3. The Labute approximate surface area is 147 Å². The van der Waals surface area contributed by atoms with Crippen molar-refractivity contribution < 1.29 is 9.90 Å². The first kappa shape index (κ1) is 17.1. The Bertz CT molecular complexity index is 731. The van der Waals surface area contributed by atoms with E-state index in [0.717, 1.165) is 25.6 Å². The van der Waals surface area contributed by atoms with Crippen LogP contribution in [0.5, 0.6) is 0 Å². The predicted molar refractivity (Wildman–Crippen MR) is 97.2 cm³/mol. The Morgan fingerprint density at radius 2 is 2.12 bits per heavy atom. The molecule has 2 atom stereocenters. The number of nitrogens with zero attached hydrogens (tertiary/aromatic N) is 3. The highest BCUT2D eigenvalue weighted by Crippen LogP contribution is 2.25. The molecule has 130 valence electrons. The second-order valence-corrected chi connectivity index (χ2v) is 6.21. The maximum atomic E-state index is 10.5. The Morgan fingerprint density at radius 1 is 1.32 bits per heavy atom. The fourth-order valence-corrected chi connectivity index (χ4v) is 3.06. The van der Waals surface area contributed by atoms with Gasteiger partial charge in [0.2, 0.25) is 0 Å². The van der Waals surface area contributed by atoms with E-state index in [4.69, 9.17) is 5.11 Å². The van der Waals surface area contributed by atoms with Gasteiger partial charge in [0.15, 0.2) is 0 Å². The van der Waals surface area contributed by atoms with Gasteiger partial charge < -0.3 is 10.4 Å². The number of hydrogen-bond acceptors (Lipinski definition) is 5.